The number of nitrogen functional groups attached to an aromatic ring is 1. The number of carbonyl (C=O) groups excluding carboxylic acids is 3. The number of allylic oxidation sites excluding steroid dienone is 11. The van der Waals surface area contributed by atoms with Crippen LogP contribution in [0.25, 0.3) is 0 Å². The van der Waals surface area contributed by atoms with Gasteiger partial charge in [-0.1, -0.05) is 86.8 Å². The van der Waals surface area contributed by atoms with E-state index < -0.39 is 128 Å². The Morgan fingerprint density at radius 2 is 1.36 bits per heavy atom. The van der Waals surface area contributed by atoms with Gasteiger partial charge in [-0.25, -0.2) is 0 Å². The molecule has 2 fully saturated rings. The second-order valence-electron chi connectivity index (χ2n) is 20.6. The Kier molecular flexibility index (Phi) is 29.6. The van der Waals surface area contributed by atoms with E-state index in [-0.39, 0.29) is 82.0 Å². The molecule has 1 aromatic rings. The number of aliphatic hydroxyl groups is 9. The molecule has 0 amide bonds. The quantitative estimate of drug-likeness (QED) is 0.0155. The molecule has 2 aliphatic heterocycles. The van der Waals surface area contributed by atoms with Crippen molar-refractivity contribution in [2.75, 3.05) is 12.3 Å². The van der Waals surface area contributed by atoms with Gasteiger partial charge in [0.1, 0.15) is 30.3 Å². The lowest BCUT2D eigenvalue weighted by atomic mass is 9.83. The van der Waals surface area contributed by atoms with Crippen LogP contribution in [0.15, 0.2) is 97.2 Å². The predicted molar refractivity (Wildman–Crippen MR) is 286 cm³/mol. The first kappa shape index (κ1) is 66.5. The number of carbonyl (C=O) groups is 4. The van der Waals surface area contributed by atoms with Gasteiger partial charge in [-0.15, -0.1) is 0 Å². The second-order valence-corrected chi connectivity index (χ2v) is 20.6. The van der Waals surface area contributed by atoms with Gasteiger partial charge < -0.3 is 81.5 Å². The van der Waals surface area contributed by atoms with Crippen LogP contribution in [0.2, 0.25) is 0 Å². The van der Waals surface area contributed by atoms with Crippen molar-refractivity contribution in [3.8, 4) is 0 Å². The normalized spacial score (nSPS) is 27.0. The van der Waals surface area contributed by atoms with Crippen molar-refractivity contribution < 1.29 is 89.2 Å². The molecule has 0 aliphatic carbocycles. The third-order valence-electron chi connectivity index (χ3n) is 13.6. The SMILES string of the molecule is C/C=C/C=C/C=C/C=C/C=C/C=C/C(C)C(OC(=O)CC(=O)CCCC(O)CC(O)CC(O)CC(O)CC1(O)CC(O)C(C(=O)O)C(CC(C)O[C@@H]2OC[C@@H](O)[C@H](N)[C@@H]2O)O1)C(C)CCC(O)CC(=O)c1ccc(N)cc1. The summed E-state index contributed by atoms with van der Waals surface area (Å²) < 4.78 is 22.7. The molecule has 2 saturated heterocycles. The van der Waals surface area contributed by atoms with Crippen molar-refractivity contribution in [3.05, 3.63) is 103 Å². The van der Waals surface area contributed by atoms with E-state index in [9.17, 15) is 70.2 Å². The Hall–Kier alpha value is -4.78. The number of aliphatic carboxylic acids is 1. The smallest absolute Gasteiger partial charge is 0.313 e. The molecule has 20 heteroatoms. The Morgan fingerprint density at radius 1 is 0.779 bits per heavy atom. The van der Waals surface area contributed by atoms with Gasteiger partial charge in [0.25, 0.3) is 0 Å². The lowest BCUT2D eigenvalue weighted by Gasteiger charge is -2.45. The van der Waals surface area contributed by atoms with E-state index in [1.165, 1.54) is 6.92 Å². The minimum Gasteiger partial charge on any atom is -0.481 e. The van der Waals surface area contributed by atoms with Gasteiger partial charge in [-0.2, -0.15) is 0 Å². The number of aliphatic hydroxyl groups excluding tert-OH is 8. The molecule has 0 saturated carbocycles. The monoisotopic (exact) mass is 1090 g/mol. The summed E-state index contributed by atoms with van der Waals surface area (Å²) in [7, 11) is 0. The number of hydrogen-bond acceptors (Lipinski definition) is 19. The topological polar surface area (TPSA) is 360 Å². The number of anilines is 1. The van der Waals surface area contributed by atoms with Gasteiger partial charge in [0, 0.05) is 49.3 Å². The molecule has 432 valence electrons. The summed E-state index contributed by atoms with van der Waals surface area (Å²) in [4.78, 5) is 51.1. The molecule has 13 unspecified atom stereocenters. The fraction of sp³-hybridized carbons (Fsp3) is 0.614. The molecule has 20 nitrogen and oxygen atoms in total. The molecular weight excluding hydrogens is 1000 g/mol. The van der Waals surface area contributed by atoms with E-state index in [0.717, 1.165) is 0 Å². The third kappa shape index (κ3) is 24.8. The number of ether oxygens (including phenoxy) is 4. The van der Waals surface area contributed by atoms with Crippen molar-refractivity contribution in [2.24, 2.45) is 23.5 Å². The summed E-state index contributed by atoms with van der Waals surface area (Å²) in [6.45, 7) is 6.98. The fourth-order valence-corrected chi connectivity index (χ4v) is 9.42. The van der Waals surface area contributed by atoms with E-state index >= 15 is 0 Å². The molecule has 0 radical (unpaired) electrons. The van der Waals surface area contributed by atoms with Crippen molar-refractivity contribution in [1.29, 1.82) is 0 Å². The van der Waals surface area contributed by atoms with Crippen LogP contribution in [0.3, 0.4) is 0 Å². The number of hydrogen-bond donors (Lipinski definition) is 12. The minimum atomic E-state index is -2.24. The van der Waals surface area contributed by atoms with Crippen LogP contribution < -0.4 is 11.5 Å². The molecular formula is C57H86N2O18. The van der Waals surface area contributed by atoms with E-state index in [1.54, 1.807) is 24.3 Å². The first-order valence-electron chi connectivity index (χ1n) is 26.6. The summed E-state index contributed by atoms with van der Waals surface area (Å²) in [5.41, 5.74) is 12.5. The molecule has 2 aliphatic rings. The molecule has 77 heavy (non-hydrogen) atoms. The van der Waals surface area contributed by atoms with Crippen molar-refractivity contribution >= 4 is 29.2 Å². The molecule has 3 rings (SSSR count). The Bertz CT molecular complexity index is 2130. The lowest BCUT2D eigenvalue weighted by molar-refractivity contribution is -0.306. The van der Waals surface area contributed by atoms with Crippen LogP contribution in [0, 0.1) is 17.8 Å². The highest BCUT2D eigenvalue weighted by Crippen LogP contribution is 2.38. The Labute approximate surface area is 452 Å². The maximum atomic E-state index is 13.2. The highest BCUT2D eigenvalue weighted by Gasteiger charge is 2.50. The van der Waals surface area contributed by atoms with Crippen molar-refractivity contribution in [2.45, 2.75) is 196 Å². The van der Waals surface area contributed by atoms with Crippen LogP contribution >= 0.6 is 0 Å². The number of carboxylic acids is 1. The number of esters is 1. The number of carboxylic acid groups (broad SMARTS) is 1. The van der Waals surface area contributed by atoms with E-state index in [1.807, 2.05) is 93.7 Å². The number of ketones is 2. The van der Waals surface area contributed by atoms with Gasteiger partial charge >= 0.3 is 11.9 Å². The van der Waals surface area contributed by atoms with Crippen molar-refractivity contribution in [3.63, 3.8) is 0 Å². The zero-order chi connectivity index (χ0) is 57.2. The molecule has 0 bridgehead atoms. The van der Waals surface area contributed by atoms with Crippen LogP contribution in [-0.2, 0) is 33.3 Å². The van der Waals surface area contributed by atoms with E-state index in [0.29, 0.717) is 17.7 Å². The summed E-state index contributed by atoms with van der Waals surface area (Å²) in [5.74, 6) is -7.16. The Balaban J connectivity index is 1.48. The highest BCUT2D eigenvalue weighted by molar-refractivity contribution is 5.96. The molecule has 14 N–H and O–H groups in total. The summed E-state index contributed by atoms with van der Waals surface area (Å²) >= 11 is 0. The zero-order valence-corrected chi connectivity index (χ0v) is 44.8. The number of nitrogens with two attached hydrogens (primary N) is 2. The fourth-order valence-electron chi connectivity index (χ4n) is 9.42. The second kappa shape index (κ2) is 34.3. The summed E-state index contributed by atoms with van der Waals surface area (Å²) in [5, 5.41) is 106. The van der Waals surface area contributed by atoms with Crippen LogP contribution in [0.1, 0.15) is 122 Å². The standard InChI is InChI=1S/C57H86N2O18/c1-5-6-7-8-9-10-11-12-13-14-15-17-35(2)54(36(3)20-25-42(62)30-46(66)38-21-23-39(58)24-22-38)76-50(69)31-41(61)19-16-18-40(60)27-43(63)28-44(64)29-45(65)32-57(73)33-47(67)51(55(71)72)49(77-57)26-37(4)75-56-53(70)52(59)48(68)34-74-56/h5-15,17,21-24,35-37,40,42-45,47-49,51-54,56,60,62-65,67-68,70,73H,16,18-20,25-34,58-59H2,1-4H3,(H,71,72)/b6-5+,8-7+,10-9+,12-11+,14-13+,17-15+/t35?,36?,37?,40?,42?,43?,44?,45?,47?,48-,49?,51?,52+,53+,54?,56+,57?/m1/s1. The predicted octanol–water partition coefficient (Wildman–Crippen LogP) is 3.40. The Morgan fingerprint density at radius 3 is 1.97 bits per heavy atom. The largest absolute Gasteiger partial charge is 0.481 e. The third-order valence-corrected chi connectivity index (χ3v) is 13.6. The summed E-state index contributed by atoms with van der Waals surface area (Å²) in [6.07, 6.45) is 6.15. The maximum Gasteiger partial charge on any atom is 0.313 e. The maximum absolute atomic E-state index is 13.2. The average Bonchev–Trinajstić information content (AvgIpc) is 3.33. The molecule has 2 heterocycles. The van der Waals surface area contributed by atoms with E-state index in [4.69, 9.17) is 30.4 Å². The number of benzene rings is 1. The van der Waals surface area contributed by atoms with Gasteiger partial charge in [-0.3, -0.25) is 19.2 Å². The van der Waals surface area contributed by atoms with Gasteiger partial charge in [0.15, 0.2) is 17.9 Å². The minimum absolute atomic E-state index is 0.0714. The molecule has 0 spiro atoms. The zero-order valence-electron chi connectivity index (χ0n) is 44.8. The summed E-state index contributed by atoms with van der Waals surface area (Å²) in [6, 6.07) is 5.37. The lowest BCUT2D eigenvalue weighted by Crippen LogP contribution is -2.59. The van der Waals surface area contributed by atoms with Crippen LogP contribution in [0.5, 0.6) is 0 Å². The van der Waals surface area contributed by atoms with Gasteiger partial charge in [-0.05, 0) is 89.0 Å². The van der Waals surface area contributed by atoms with E-state index in [2.05, 4.69) is 0 Å². The number of rotatable bonds is 34. The van der Waals surface area contributed by atoms with Gasteiger partial charge in [0.05, 0.1) is 67.6 Å². The van der Waals surface area contributed by atoms with Crippen LogP contribution in [-0.4, -0.2) is 166 Å². The molecule has 0 aromatic heterocycles. The molecule has 1 aromatic carbocycles. The van der Waals surface area contributed by atoms with Gasteiger partial charge in [0.2, 0.25) is 0 Å². The molecule has 17 atom stereocenters. The first-order valence-corrected chi connectivity index (χ1v) is 26.6. The highest BCUT2D eigenvalue weighted by atomic mass is 16.7. The van der Waals surface area contributed by atoms with Crippen molar-refractivity contribution in [1.82, 2.24) is 0 Å². The first-order chi connectivity index (χ1) is 36.4. The van der Waals surface area contributed by atoms with Crippen LogP contribution in [0.4, 0.5) is 5.69 Å². The average molecular weight is 1090 g/mol. The number of Topliss-reactive ketones (excluding diaryl/α,β-unsaturated/α-hetero) is 2.